The molecule has 2 atom stereocenters. The molecule has 1 aliphatic carbocycles. The number of benzene rings is 1. The minimum atomic E-state index is -0.416. The fourth-order valence-electron chi connectivity index (χ4n) is 2.62. The Balaban J connectivity index is 2.05. The first kappa shape index (κ1) is 14.2. The molecular weight excluding hydrogens is 268 g/mol. The van der Waals surface area contributed by atoms with E-state index in [0.717, 1.165) is 19.3 Å². The van der Waals surface area contributed by atoms with Gasteiger partial charge in [-0.15, -0.1) is 0 Å². The highest BCUT2D eigenvalue weighted by Crippen LogP contribution is 2.27. The van der Waals surface area contributed by atoms with Gasteiger partial charge in [0.05, 0.1) is 4.92 Å². The molecule has 0 saturated heterocycles. The van der Waals surface area contributed by atoms with Crippen molar-refractivity contribution in [2.75, 3.05) is 6.61 Å². The molecule has 1 aromatic carbocycles. The van der Waals surface area contributed by atoms with Crippen LogP contribution in [0.4, 0.5) is 5.69 Å². The Morgan fingerprint density at radius 1 is 1.47 bits per heavy atom. The second kappa shape index (κ2) is 6.32. The van der Waals surface area contributed by atoms with E-state index in [2.05, 4.69) is 5.32 Å². The van der Waals surface area contributed by atoms with Gasteiger partial charge >= 0.3 is 0 Å². The second-order valence-electron chi connectivity index (χ2n) is 4.89. The molecule has 1 fully saturated rings. The first-order valence-corrected chi connectivity index (χ1v) is 6.76. The highest BCUT2D eigenvalue weighted by atomic mass is 35.5. The monoisotopic (exact) mass is 284 g/mol. The lowest BCUT2D eigenvalue weighted by Gasteiger charge is -2.19. The highest BCUT2D eigenvalue weighted by Gasteiger charge is 2.26. The molecule has 0 spiro atoms. The molecule has 0 radical (unpaired) electrons. The minimum Gasteiger partial charge on any atom is -0.396 e. The molecule has 1 saturated carbocycles. The fraction of sp³-hybridized carbons (Fsp3) is 0.538. The number of aliphatic hydroxyl groups excluding tert-OH is 1. The van der Waals surface area contributed by atoms with E-state index in [1.165, 1.54) is 6.07 Å². The Labute approximate surface area is 116 Å². The summed E-state index contributed by atoms with van der Waals surface area (Å²) in [5, 5.41) is 23.9. The summed E-state index contributed by atoms with van der Waals surface area (Å²) >= 11 is 5.78. The molecule has 2 N–H and O–H groups in total. The molecule has 1 aliphatic rings. The van der Waals surface area contributed by atoms with E-state index < -0.39 is 4.92 Å². The van der Waals surface area contributed by atoms with Crippen molar-refractivity contribution in [1.82, 2.24) is 5.32 Å². The van der Waals surface area contributed by atoms with Gasteiger partial charge < -0.3 is 10.4 Å². The van der Waals surface area contributed by atoms with E-state index in [-0.39, 0.29) is 24.3 Å². The third-order valence-corrected chi connectivity index (χ3v) is 3.93. The Morgan fingerprint density at radius 3 is 2.95 bits per heavy atom. The van der Waals surface area contributed by atoms with E-state index >= 15 is 0 Å². The van der Waals surface area contributed by atoms with Crippen molar-refractivity contribution in [2.24, 2.45) is 5.92 Å². The Hall–Kier alpha value is -1.17. The topological polar surface area (TPSA) is 75.4 Å². The van der Waals surface area contributed by atoms with Crippen molar-refractivity contribution in [3.63, 3.8) is 0 Å². The molecule has 0 heterocycles. The lowest BCUT2D eigenvalue weighted by molar-refractivity contribution is -0.385. The fourth-order valence-corrected chi connectivity index (χ4v) is 2.79. The summed E-state index contributed by atoms with van der Waals surface area (Å²) in [5.74, 6) is 0.256. The van der Waals surface area contributed by atoms with Gasteiger partial charge in [0.2, 0.25) is 0 Å². The number of hydrogen-bond acceptors (Lipinski definition) is 4. The molecular formula is C13H17ClN2O3. The third kappa shape index (κ3) is 3.43. The molecule has 2 rings (SSSR count). The van der Waals surface area contributed by atoms with Crippen LogP contribution in [0, 0.1) is 16.0 Å². The molecule has 0 aliphatic heterocycles. The molecule has 6 heteroatoms. The van der Waals surface area contributed by atoms with Gasteiger partial charge in [-0.1, -0.05) is 18.0 Å². The maximum atomic E-state index is 11.0. The molecule has 104 valence electrons. The Bertz CT molecular complexity index is 467. The van der Waals surface area contributed by atoms with Crippen molar-refractivity contribution in [1.29, 1.82) is 0 Å². The SMILES string of the molecule is O=[N+]([O-])c1cc(Cl)ccc1CNC1CCCC1CO. The zero-order valence-corrected chi connectivity index (χ0v) is 11.3. The number of nitro benzene ring substituents is 1. The van der Waals surface area contributed by atoms with Crippen LogP contribution in [-0.2, 0) is 6.54 Å². The average molecular weight is 285 g/mol. The van der Waals surface area contributed by atoms with Crippen LogP contribution in [0.5, 0.6) is 0 Å². The highest BCUT2D eigenvalue weighted by molar-refractivity contribution is 6.30. The minimum absolute atomic E-state index is 0.0403. The zero-order chi connectivity index (χ0) is 13.8. The lowest BCUT2D eigenvalue weighted by atomic mass is 10.0. The zero-order valence-electron chi connectivity index (χ0n) is 10.5. The van der Waals surface area contributed by atoms with Gasteiger partial charge in [-0.3, -0.25) is 10.1 Å². The normalized spacial score (nSPS) is 22.6. The summed E-state index contributed by atoms with van der Waals surface area (Å²) < 4.78 is 0. The number of nitrogens with zero attached hydrogens (tertiary/aromatic N) is 1. The Kier molecular flexibility index (Phi) is 4.74. The number of nitro groups is 1. The van der Waals surface area contributed by atoms with Crippen molar-refractivity contribution in [3.8, 4) is 0 Å². The molecule has 5 nitrogen and oxygen atoms in total. The summed E-state index contributed by atoms with van der Waals surface area (Å²) in [7, 11) is 0. The van der Waals surface area contributed by atoms with Crippen LogP contribution >= 0.6 is 11.6 Å². The van der Waals surface area contributed by atoms with Gasteiger partial charge in [-0.2, -0.15) is 0 Å². The van der Waals surface area contributed by atoms with Crippen LogP contribution in [0.25, 0.3) is 0 Å². The van der Waals surface area contributed by atoms with Gasteiger partial charge in [0.15, 0.2) is 0 Å². The molecule has 0 amide bonds. The summed E-state index contributed by atoms with van der Waals surface area (Å²) in [5.41, 5.74) is 0.663. The lowest BCUT2D eigenvalue weighted by Crippen LogP contribution is -2.33. The second-order valence-corrected chi connectivity index (χ2v) is 5.33. The van der Waals surface area contributed by atoms with Crippen LogP contribution in [0.1, 0.15) is 24.8 Å². The van der Waals surface area contributed by atoms with Crippen LogP contribution in [0.3, 0.4) is 0 Å². The van der Waals surface area contributed by atoms with Crippen molar-refractivity contribution in [3.05, 3.63) is 38.9 Å². The van der Waals surface area contributed by atoms with Crippen molar-refractivity contribution in [2.45, 2.75) is 31.8 Å². The number of nitrogens with one attached hydrogen (secondary N) is 1. The standard InChI is InChI=1S/C13H17ClN2O3/c14-11-5-4-9(13(6-11)16(18)19)7-15-12-3-1-2-10(12)8-17/h4-6,10,12,15,17H,1-3,7-8H2. The van der Waals surface area contributed by atoms with E-state index in [1.807, 2.05) is 0 Å². The van der Waals surface area contributed by atoms with Crippen molar-refractivity contribution >= 4 is 17.3 Å². The van der Waals surface area contributed by atoms with Gasteiger partial charge in [0.25, 0.3) is 5.69 Å². The first-order valence-electron chi connectivity index (χ1n) is 6.39. The quantitative estimate of drug-likeness (QED) is 0.643. The van der Waals surface area contributed by atoms with Gasteiger partial charge in [-0.25, -0.2) is 0 Å². The average Bonchev–Trinajstić information content (AvgIpc) is 2.84. The molecule has 0 bridgehead atoms. The number of halogens is 1. The van der Waals surface area contributed by atoms with Gasteiger partial charge in [0, 0.05) is 35.8 Å². The van der Waals surface area contributed by atoms with E-state index in [4.69, 9.17) is 11.6 Å². The molecule has 1 aromatic rings. The summed E-state index contributed by atoms with van der Waals surface area (Å²) in [6.07, 6.45) is 3.11. The predicted octanol–water partition coefficient (Wildman–Crippen LogP) is 2.50. The first-order chi connectivity index (χ1) is 9.11. The molecule has 0 aromatic heterocycles. The smallest absolute Gasteiger partial charge is 0.275 e. The van der Waals surface area contributed by atoms with Gasteiger partial charge in [0.1, 0.15) is 0 Å². The Morgan fingerprint density at radius 2 is 2.26 bits per heavy atom. The number of hydrogen-bond donors (Lipinski definition) is 2. The van der Waals surface area contributed by atoms with E-state index in [1.54, 1.807) is 12.1 Å². The maximum Gasteiger partial charge on any atom is 0.275 e. The van der Waals surface area contributed by atoms with E-state index in [9.17, 15) is 15.2 Å². The summed E-state index contributed by atoms with van der Waals surface area (Å²) in [6, 6.07) is 4.94. The van der Waals surface area contributed by atoms with Crippen molar-refractivity contribution < 1.29 is 10.0 Å². The van der Waals surface area contributed by atoms with E-state index in [0.29, 0.717) is 17.1 Å². The van der Waals surface area contributed by atoms with Crippen LogP contribution in [0.15, 0.2) is 18.2 Å². The summed E-state index contributed by atoms with van der Waals surface area (Å²) in [6.45, 7) is 0.592. The predicted molar refractivity (Wildman–Crippen MR) is 73.2 cm³/mol. The third-order valence-electron chi connectivity index (χ3n) is 3.69. The molecule has 2 unspecified atom stereocenters. The maximum absolute atomic E-state index is 11.0. The summed E-state index contributed by atoms with van der Waals surface area (Å²) in [4.78, 5) is 10.6. The van der Waals surface area contributed by atoms with Crippen LogP contribution < -0.4 is 5.32 Å². The number of aliphatic hydroxyl groups is 1. The molecule has 19 heavy (non-hydrogen) atoms. The largest absolute Gasteiger partial charge is 0.396 e. The van der Waals surface area contributed by atoms with Crippen LogP contribution in [0.2, 0.25) is 5.02 Å². The number of rotatable bonds is 5. The van der Waals surface area contributed by atoms with Gasteiger partial charge in [-0.05, 0) is 30.9 Å². The van der Waals surface area contributed by atoms with Crippen LogP contribution in [-0.4, -0.2) is 22.7 Å².